The molecule has 0 bridgehead atoms. The first-order chi connectivity index (χ1) is 9.64. The van der Waals surface area contributed by atoms with Crippen molar-refractivity contribution in [2.24, 2.45) is 0 Å². The van der Waals surface area contributed by atoms with Crippen LogP contribution in [0.25, 0.3) is 0 Å². The lowest BCUT2D eigenvalue weighted by molar-refractivity contribution is -0.274. The average molecular weight is 345 g/mol. The molecule has 0 aromatic heterocycles. The first-order valence-corrected chi connectivity index (χ1v) is 5.97. The quantitative estimate of drug-likeness (QED) is 0.491. The summed E-state index contributed by atoms with van der Waals surface area (Å²) < 4.78 is 40.2. The molecule has 0 fully saturated rings. The Kier molecular flexibility index (Phi) is 5.50. The van der Waals surface area contributed by atoms with Crippen LogP contribution in [0.3, 0.4) is 0 Å². The van der Waals surface area contributed by atoms with Gasteiger partial charge in [0.25, 0.3) is 0 Å². The third-order valence-corrected chi connectivity index (χ3v) is 2.70. The highest BCUT2D eigenvalue weighted by Gasteiger charge is 2.32. The van der Waals surface area contributed by atoms with Crippen LogP contribution in [-0.2, 0) is 0 Å². The van der Waals surface area contributed by atoms with E-state index in [0.29, 0.717) is 0 Å². The lowest BCUT2D eigenvalue weighted by atomic mass is 10.3. The Balaban J connectivity index is 2.99. The first-order valence-electron chi connectivity index (χ1n) is 5.22. The third-order valence-electron chi connectivity index (χ3n) is 2.01. The summed E-state index contributed by atoms with van der Waals surface area (Å²) in [6.07, 6.45) is -4.94. The topological polar surface area (TPSA) is 86.2 Å². The Morgan fingerprint density at radius 1 is 1.33 bits per heavy atom. The van der Waals surface area contributed by atoms with Gasteiger partial charge >= 0.3 is 12.4 Å². The van der Waals surface area contributed by atoms with E-state index in [4.69, 9.17) is 28.6 Å². The van der Waals surface area contributed by atoms with Crippen LogP contribution in [0.4, 0.5) is 23.7 Å². The monoisotopic (exact) mass is 344 g/mol. The molecule has 0 aliphatic rings. The van der Waals surface area contributed by atoms with Gasteiger partial charge in [-0.3, -0.25) is 10.7 Å². The molecule has 0 heterocycles. The second-order valence-electron chi connectivity index (χ2n) is 3.49. The molecule has 11 heteroatoms. The Morgan fingerprint density at radius 2 is 1.95 bits per heavy atom. The Hall–Kier alpha value is -1.87. The summed E-state index contributed by atoms with van der Waals surface area (Å²) in [6.45, 7) is 0. The van der Waals surface area contributed by atoms with E-state index in [9.17, 15) is 18.0 Å². The number of amides is 2. The number of rotatable bonds is 2. The molecule has 0 radical (unpaired) electrons. The van der Waals surface area contributed by atoms with Crippen molar-refractivity contribution >= 4 is 40.9 Å². The van der Waals surface area contributed by atoms with Crippen LogP contribution in [0.5, 0.6) is 5.75 Å². The van der Waals surface area contributed by atoms with Crippen LogP contribution in [0.1, 0.15) is 0 Å². The van der Waals surface area contributed by atoms with Crippen LogP contribution in [-0.4, -0.2) is 25.4 Å². The number of carbonyl (C=O) groups excluding carboxylic acids is 1. The Morgan fingerprint density at radius 3 is 2.48 bits per heavy atom. The highest BCUT2D eigenvalue weighted by Crippen LogP contribution is 2.39. The lowest BCUT2D eigenvalue weighted by Crippen LogP contribution is -2.40. The molecule has 21 heavy (non-hydrogen) atoms. The van der Waals surface area contributed by atoms with Crippen molar-refractivity contribution in [3.63, 3.8) is 0 Å². The Labute approximate surface area is 127 Å². The lowest BCUT2D eigenvalue weighted by Gasteiger charge is -2.15. The maximum absolute atomic E-state index is 12.2. The number of nitrogens with one attached hydrogen (secondary N) is 4. The predicted molar refractivity (Wildman–Crippen MR) is 72.1 cm³/mol. The number of hydrogen-bond donors (Lipinski definition) is 4. The maximum atomic E-state index is 12.2. The molecule has 0 atom stereocenters. The van der Waals surface area contributed by atoms with Gasteiger partial charge < -0.3 is 15.4 Å². The van der Waals surface area contributed by atoms with Crippen LogP contribution in [0, 0.1) is 5.41 Å². The standard InChI is InChI=1S/C10H9Cl2F3N4O2/c1-17-8(16)19-9(20)18-7-4(11)2-3-5(6(7)12)21-10(13,14)15/h2-3H,1H3,(H4,16,17,18,19,20). The first kappa shape index (κ1) is 17.2. The molecule has 1 aromatic rings. The number of anilines is 1. The average Bonchev–Trinajstić information content (AvgIpc) is 2.36. The van der Waals surface area contributed by atoms with Gasteiger partial charge in [-0.15, -0.1) is 13.2 Å². The molecule has 4 N–H and O–H groups in total. The minimum Gasteiger partial charge on any atom is -0.404 e. The second-order valence-corrected chi connectivity index (χ2v) is 4.27. The van der Waals surface area contributed by atoms with E-state index < -0.39 is 23.2 Å². The van der Waals surface area contributed by atoms with Crippen molar-refractivity contribution in [2.45, 2.75) is 6.36 Å². The largest absolute Gasteiger partial charge is 0.573 e. The van der Waals surface area contributed by atoms with E-state index in [2.05, 4.69) is 15.4 Å². The normalized spacial score (nSPS) is 10.8. The van der Waals surface area contributed by atoms with Gasteiger partial charge in [-0.25, -0.2) is 4.79 Å². The van der Waals surface area contributed by atoms with Gasteiger partial charge in [0.1, 0.15) is 10.8 Å². The summed E-state index contributed by atoms with van der Waals surface area (Å²) in [5.41, 5.74) is -0.276. The van der Waals surface area contributed by atoms with Crippen LogP contribution in [0.15, 0.2) is 12.1 Å². The van der Waals surface area contributed by atoms with Crippen molar-refractivity contribution in [1.82, 2.24) is 10.6 Å². The highest BCUT2D eigenvalue weighted by atomic mass is 35.5. The van der Waals surface area contributed by atoms with E-state index in [-0.39, 0.29) is 16.7 Å². The molecule has 2 amide bonds. The van der Waals surface area contributed by atoms with Crippen LogP contribution < -0.4 is 20.7 Å². The number of ether oxygens (including phenoxy) is 1. The molecular weight excluding hydrogens is 336 g/mol. The molecule has 0 saturated carbocycles. The molecule has 0 saturated heterocycles. The summed E-state index contributed by atoms with van der Waals surface area (Å²) in [5, 5.41) is 13.1. The summed E-state index contributed by atoms with van der Waals surface area (Å²) >= 11 is 11.5. The molecule has 6 nitrogen and oxygen atoms in total. The fourth-order valence-electron chi connectivity index (χ4n) is 1.17. The number of hydrogen-bond acceptors (Lipinski definition) is 3. The summed E-state index contributed by atoms with van der Waals surface area (Å²) in [4.78, 5) is 11.5. The highest BCUT2D eigenvalue weighted by molar-refractivity contribution is 6.40. The van der Waals surface area contributed by atoms with Gasteiger partial charge in [-0.1, -0.05) is 23.2 Å². The van der Waals surface area contributed by atoms with Gasteiger partial charge in [-0.05, 0) is 12.1 Å². The molecule has 116 valence electrons. The van der Waals surface area contributed by atoms with E-state index in [1.165, 1.54) is 7.05 Å². The number of guanidine groups is 1. The van der Waals surface area contributed by atoms with Crippen molar-refractivity contribution in [1.29, 1.82) is 5.41 Å². The van der Waals surface area contributed by atoms with E-state index in [1.54, 1.807) is 0 Å². The number of carbonyl (C=O) groups is 1. The number of halogens is 5. The molecule has 1 aromatic carbocycles. The third kappa shape index (κ3) is 5.20. The van der Waals surface area contributed by atoms with Gasteiger partial charge in [-0.2, -0.15) is 0 Å². The van der Waals surface area contributed by atoms with Crippen LogP contribution >= 0.6 is 23.2 Å². The molecule has 0 aliphatic carbocycles. The molecule has 0 aliphatic heterocycles. The van der Waals surface area contributed by atoms with E-state index >= 15 is 0 Å². The molecule has 1 rings (SSSR count). The Bertz CT molecular complexity index is 566. The fraction of sp³-hybridized carbons (Fsp3) is 0.200. The zero-order valence-electron chi connectivity index (χ0n) is 10.4. The number of urea groups is 1. The molecular formula is C10H9Cl2F3N4O2. The van der Waals surface area contributed by atoms with Crippen LogP contribution in [0.2, 0.25) is 10.0 Å². The van der Waals surface area contributed by atoms with E-state index in [0.717, 1.165) is 12.1 Å². The van der Waals surface area contributed by atoms with Crippen molar-refractivity contribution in [3.8, 4) is 5.75 Å². The van der Waals surface area contributed by atoms with Crippen molar-refractivity contribution in [3.05, 3.63) is 22.2 Å². The SMILES string of the molecule is CNC(=N)NC(=O)Nc1c(Cl)ccc(OC(F)(F)F)c1Cl. The minimum atomic E-state index is -4.94. The molecule has 0 unspecified atom stereocenters. The van der Waals surface area contributed by atoms with Gasteiger partial charge in [0.2, 0.25) is 0 Å². The maximum Gasteiger partial charge on any atom is 0.573 e. The fourth-order valence-corrected chi connectivity index (χ4v) is 1.68. The van der Waals surface area contributed by atoms with Gasteiger partial charge in [0.15, 0.2) is 5.96 Å². The zero-order chi connectivity index (χ0) is 16.2. The zero-order valence-corrected chi connectivity index (χ0v) is 11.9. The smallest absolute Gasteiger partial charge is 0.404 e. The molecule has 0 spiro atoms. The van der Waals surface area contributed by atoms with Crippen molar-refractivity contribution in [2.75, 3.05) is 12.4 Å². The van der Waals surface area contributed by atoms with Crippen molar-refractivity contribution < 1.29 is 22.7 Å². The predicted octanol–water partition coefficient (Wildman–Crippen LogP) is 3.17. The summed E-state index contributed by atoms with van der Waals surface area (Å²) in [6, 6.07) is 1.08. The summed E-state index contributed by atoms with van der Waals surface area (Å²) in [5.74, 6) is -1.05. The minimum absolute atomic E-state index is 0.0966. The number of benzene rings is 1. The van der Waals surface area contributed by atoms with Gasteiger partial charge in [0.05, 0.1) is 10.7 Å². The number of alkyl halides is 3. The second kappa shape index (κ2) is 6.72. The summed E-state index contributed by atoms with van der Waals surface area (Å²) in [7, 11) is 1.39. The van der Waals surface area contributed by atoms with Gasteiger partial charge in [0, 0.05) is 7.05 Å². The van der Waals surface area contributed by atoms with E-state index in [1.807, 2.05) is 5.32 Å².